The van der Waals surface area contributed by atoms with E-state index in [2.05, 4.69) is 4.74 Å². The van der Waals surface area contributed by atoms with Crippen LogP contribution in [0.25, 0.3) is 0 Å². The number of benzene rings is 2. The Bertz CT molecular complexity index is 638. The highest BCUT2D eigenvalue weighted by Crippen LogP contribution is 2.28. The number of hydrogen-bond acceptors (Lipinski definition) is 3. The zero-order valence-corrected chi connectivity index (χ0v) is 10.1. The number of nitrogen functional groups attached to an aromatic ring is 1. The summed E-state index contributed by atoms with van der Waals surface area (Å²) in [6, 6.07) is 11.2. The molecule has 6 heteroatoms. The molecule has 0 aliphatic rings. The number of anilines is 1. The van der Waals surface area contributed by atoms with Crippen LogP contribution >= 0.6 is 0 Å². The zero-order chi connectivity index (χ0) is 14.8. The molecule has 2 N–H and O–H groups in total. The van der Waals surface area contributed by atoms with Gasteiger partial charge in [0.25, 0.3) is 0 Å². The molecule has 0 atom stereocenters. The third-order valence-corrected chi connectivity index (χ3v) is 2.51. The summed E-state index contributed by atoms with van der Waals surface area (Å²) >= 11 is 0. The maximum absolute atomic E-state index is 12.3. The van der Waals surface area contributed by atoms with E-state index in [4.69, 9.17) is 5.73 Å². The van der Waals surface area contributed by atoms with Gasteiger partial charge in [0, 0.05) is 11.3 Å². The Morgan fingerprint density at radius 1 is 1.05 bits per heavy atom. The number of carbonyl (C=O) groups excluding carboxylic acids is 1. The SMILES string of the molecule is Nc1cccc(C(=O)c2ccccc2OC(F)(F)F)c1. The third kappa shape index (κ3) is 3.28. The minimum Gasteiger partial charge on any atom is -0.405 e. The number of ether oxygens (including phenoxy) is 1. The molecule has 0 bridgehead atoms. The number of ketones is 1. The van der Waals surface area contributed by atoms with Crippen molar-refractivity contribution in [2.75, 3.05) is 5.73 Å². The number of hydrogen-bond donors (Lipinski definition) is 1. The van der Waals surface area contributed by atoms with Gasteiger partial charge in [0.2, 0.25) is 0 Å². The standard InChI is InChI=1S/C14H10F3NO2/c15-14(16,17)20-12-7-2-1-6-11(12)13(19)9-4-3-5-10(18)8-9/h1-8H,18H2. The number of alkyl halides is 3. The first kappa shape index (κ1) is 13.9. The van der Waals surface area contributed by atoms with Crippen LogP contribution in [0.3, 0.4) is 0 Å². The van der Waals surface area contributed by atoms with Crippen LogP contribution in [0.1, 0.15) is 15.9 Å². The molecule has 2 aromatic rings. The van der Waals surface area contributed by atoms with Crippen molar-refractivity contribution in [3.8, 4) is 5.75 Å². The highest BCUT2D eigenvalue weighted by molar-refractivity contribution is 6.11. The van der Waals surface area contributed by atoms with Crippen LogP contribution < -0.4 is 10.5 Å². The number of para-hydroxylation sites is 1. The molecule has 0 amide bonds. The minimum absolute atomic E-state index is 0.171. The van der Waals surface area contributed by atoms with Gasteiger partial charge in [-0.2, -0.15) is 0 Å². The van der Waals surface area contributed by atoms with Gasteiger partial charge in [-0.25, -0.2) is 0 Å². The first-order valence-electron chi connectivity index (χ1n) is 5.62. The van der Waals surface area contributed by atoms with Gasteiger partial charge in [-0.1, -0.05) is 24.3 Å². The smallest absolute Gasteiger partial charge is 0.405 e. The van der Waals surface area contributed by atoms with Gasteiger partial charge in [-0.3, -0.25) is 4.79 Å². The van der Waals surface area contributed by atoms with Gasteiger partial charge in [-0.15, -0.1) is 13.2 Å². The zero-order valence-electron chi connectivity index (χ0n) is 10.1. The molecule has 3 nitrogen and oxygen atoms in total. The molecular weight excluding hydrogens is 271 g/mol. The van der Waals surface area contributed by atoms with Crippen LogP contribution in [0.2, 0.25) is 0 Å². The third-order valence-electron chi connectivity index (χ3n) is 2.51. The van der Waals surface area contributed by atoms with E-state index < -0.39 is 17.9 Å². The second-order valence-electron chi connectivity index (χ2n) is 4.00. The van der Waals surface area contributed by atoms with Gasteiger partial charge in [0.15, 0.2) is 5.78 Å². The molecule has 20 heavy (non-hydrogen) atoms. The first-order chi connectivity index (χ1) is 9.37. The van der Waals surface area contributed by atoms with Crippen molar-refractivity contribution in [2.24, 2.45) is 0 Å². The number of halogens is 3. The molecule has 0 saturated heterocycles. The summed E-state index contributed by atoms with van der Waals surface area (Å²) in [5.74, 6) is -1.12. The molecule has 0 aliphatic carbocycles. The topological polar surface area (TPSA) is 52.3 Å². The van der Waals surface area contributed by atoms with E-state index in [1.54, 1.807) is 12.1 Å². The predicted octanol–water partition coefficient (Wildman–Crippen LogP) is 3.40. The molecular formula is C14H10F3NO2. The normalized spacial score (nSPS) is 11.2. The average molecular weight is 281 g/mol. The van der Waals surface area contributed by atoms with Gasteiger partial charge >= 0.3 is 6.36 Å². The molecule has 0 spiro atoms. The summed E-state index contributed by atoms with van der Waals surface area (Å²) in [6.07, 6.45) is -4.86. The largest absolute Gasteiger partial charge is 0.573 e. The van der Waals surface area contributed by atoms with E-state index >= 15 is 0 Å². The molecule has 0 aromatic heterocycles. The molecule has 2 aromatic carbocycles. The average Bonchev–Trinajstić information content (AvgIpc) is 2.37. The van der Waals surface area contributed by atoms with E-state index in [1.807, 2.05) is 0 Å². The Hall–Kier alpha value is -2.50. The maximum Gasteiger partial charge on any atom is 0.573 e. The van der Waals surface area contributed by atoms with E-state index in [-0.39, 0.29) is 11.1 Å². The van der Waals surface area contributed by atoms with Crippen LogP contribution in [0.4, 0.5) is 18.9 Å². The molecule has 0 unspecified atom stereocenters. The van der Waals surface area contributed by atoms with Crippen molar-refractivity contribution in [1.82, 2.24) is 0 Å². The van der Waals surface area contributed by atoms with Crippen molar-refractivity contribution in [3.63, 3.8) is 0 Å². The lowest BCUT2D eigenvalue weighted by atomic mass is 10.0. The fourth-order valence-corrected chi connectivity index (χ4v) is 1.70. The van der Waals surface area contributed by atoms with Crippen LogP contribution in [-0.4, -0.2) is 12.1 Å². The van der Waals surface area contributed by atoms with Gasteiger partial charge in [-0.05, 0) is 24.3 Å². The van der Waals surface area contributed by atoms with Gasteiger partial charge < -0.3 is 10.5 Å². The molecule has 2 rings (SSSR count). The van der Waals surface area contributed by atoms with Crippen LogP contribution in [-0.2, 0) is 0 Å². The summed E-state index contributed by atoms with van der Waals surface area (Å²) in [5.41, 5.74) is 5.93. The summed E-state index contributed by atoms with van der Waals surface area (Å²) in [5, 5.41) is 0. The van der Waals surface area contributed by atoms with Gasteiger partial charge in [0.05, 0.1) is 5.56 Å². The Kier molecular flexibility index (Phi) is 3.65. The molecule has 0 saturated carbocycles. The van der Waals surface area contributed by atoms with Crippen LogP contribution in [0.15, 0.2) is 48.5 Å². The number of carbonyl (C=O) groups is 1. The Morgan fingerprint density at radius 2 is 1.75 bits per heavy atom. The second-order valence-corrected chi connectivity index (χ2v) is 4.00. The summed E-state index contributed by atoms with van der Waals surface area (Å²) < 4.78 is 40.7. The Morgan fingerprint density at radius 3 is 2.40 bits per heavy atom. The quantitative estimate of drug-likeness (QED) is 0.693. The Labute approximate surface area is 112 Å². The molecule has 0 radical (unpaired) electrons. The highest BCUT2D eigenvalue weighted by atomic mass is 19.4. The fourth-order valence-electron chi connectivity index (χ4n) is 1.70. The van der Waals surface area contributed by atoms with Crippen molar-refractivity contribution in [1.29, 1.82) is 0 Å². The summed E-state index contributed by atoms with van der Waals surface area (Å²) in [4.78, 5) is 12.2. The van der Waals surface area contributed by atoms with E-state index in [1.165, 1.54) is 30.3 Å². The monoisotopic (exact) mass is 281 g/mol. The van der Waals surface area contributed by atoms with E-state index in [0.29, 0.717) is 5.69 Å². The predicted molar refractivity (Wildman–Crippen MR) is 67.4 cm³/mol. The van der Waals surface area contributed by atoms with Crippen LogP contribution in [0, 0.1) is 0 Å². The van der Waals surface area contributed by atoms with Crippen molar-refractivity contribution >= 4 is 11.5 Å². The molecule has 104 valence electrons. The van der Waals surface area contributed by atoms with Gasteiger partial charge in [0.1, 0.15) is 5.75 Å². The first-order valence-corrected chi connectivity index (χ1v) is 5.62. The fraction of sp³-hybridized carbons (Fsp3) is 0.0714. The lowest BCUT2D eigenvalue weighted by Gasteiger charge is -2.12. The second kappa shape index (κ2) is 5.24. The molecule has 0 heterocycles. The lowest BCUT2D eigenvalue weighted by Crippen LogP contribution is -2.19. The van der Waals surface area contributed by atoms with Crippen molar-refractivity contribution in [2.45, 2.75) is 6.36 Å². The van der Waals surface area contributed by atoms with E-state index in [0.717, 1.165) is 6.07 Å². The number of nitrogens with two attached hydrogens (primary N) is 1. The van der Waals surface area contributed by atoms with Crippen molar-refractivity contribution < 1.29 is 22.7 Å². The highest BCUT2D eigenvalue weighted by Gasteiger charge is 2.32. The molecule has 0 fully saturated rings. The summed E-state index contributed by atoms with van der Waals surface area (Å²) in [6.45, 7) is 0. The Balaban J connectivity index is 2.40. The summed E-state index contributed by atoms with van der Waals surface area (Å²) in [7, 11) is 0. The van der Waals surface area contributed by atoms with Crippen LogP contribution in [0.5, 0.6) is 5.75 Å². The van der Waals surface area contributed by atoms with Crippen molar-refractivity contribution in [3.05, 3.63) is 59.7 Å². The van der Waals surface area contributed by atoms with E-state index in [9.17, 15) is 18.0 Å². The lowest BCUT2D eigenvalue weighted by molar-refractivity contribution is -0.274. The minimum atomic E-state index is -4.86. The maximum atomic E-state index is 12.3. The number of rotatable bonds is 3. The molecule has 0 aliphatic heterocycles.